The summed E-state index contributed by atoms with van der Waals surface area (Å²) in [5.74, 6) is 1.09. The molecule has 0 spiro atoms. The molecule has 0 bridgehead atoms. The first-order chi connectivity index (χ1) is 13.4. The number of amides is 1. The van der Waals surface area contributed by atoms with Gasteiger partial charge in [-0.2, -0.15) is 0 Å². The molecule has 0 aliphatic carbocycles. The summed E-state index contributed by atoms with van der Waals surface area (Å²) in [4.78, 5) is 12.8. The van der Waals surface area contributed by atoms with Gasteiger partial charge in [0.2, 0.25) is 5.91 Å². The Morgan fingerprint density at radius 1 is 1.04 bits per heavy atom. The van der Waals surface area contributed by atoms with E-state index in [1.54, 1.807) is 0 Å². The maximum absolute atomic E-state index is 12.8. The second-order valence-corrected chi connectivity index (χ2v) is 8.48. The summed E-state index contributed by atoms with van der Waals surface area (Å²) in [5.41, 5.74) is 4.14. The maximum Gasteiger partial charge on any atom is 0.237 e. The third-order valence-electron chi connectivity index (χ3n) is 4.69. The number of rotatable bonds is 6. The highest BCUT2D eigenvalue weighted by Gasteiger charge is 2.21. The summed E-state index contributed by atoms with van der Waals surface area (Å²) >= 11 is 1.41. The normalized spacial score (nSPS) is 12.2. The van der Waals surface area contributed by atoms with Crippen molar-refractivity contribution in [1.29, 1.82) is 0 Å². The molecule has 5 nitrogen and oxygen atoms in total. The molecule has 1 aromatic heterocycles. The van der Waals surface area contributed by atoms with Gasteiger partial charge in [0.1, 0.15) is 0 Å². The first-order valence-corrected chi connectivity index (χ1v) is 10.3. The summed E-state index contributed by atoms with van der Waals surface area (Å²) in [6.07, 6.45) is 0. The van der Waals surface area contributed by atoms with E-state index in [1.165, 1.54) is 11.8 Å². The van der Waals surface area contributed by atoms with Crippen LogP contribution in [0.25, 0.3) is 11.4 Å². The number of anilines is 1. The topological polar surface area (TPSA) is 59.8 Å². The van der Waals surface area contributed by atoms with Crippen LogP contribution in [-0.2, 0) is 11.8 Å². The zero-order chi connectivity index (χ0) is 20.3. The number of aryl methyl sites for hydroxylation is 1. The first kappa shape index (κ1) is 20.1. The van der Waals surface area contributed by atoms with Gasteiger partial charge in [0, 0.05) is 18.3 Å². The van der Waals surface area contributed by atoms with E-state index >= 15 is 0 Å². The Kier molecular flexibility index (Phi) is 6.19. The fourth-order valence-electron chi connectivity index (χ4n) is 3.03. The molecule has 0 saturated heterocycles. The van der Waals surface area contributed by atoms with Crippen molar-refractivity contribution in [2.75, 3.05) is 5.32 Å². The Labute approximate surface area is 170 Å². The molecule has 0 aliphatic rings. The van der Waals surface area contributed by atoms with Crippen LogP contribution in [0, 0.1) is 6.92 Å². The smallest absolute Gasteiger partial charge is 0.237 e. The fraction of sp³-hybridized carbons (Fsp3) is 0.318. The van der Waals surface area contributed by atoms with Crippen molar-refractivity contribution in [2.45, 2.75) is 44.0 Å². The molecule has 1 amide bonds. The van der Waals surface area contributed by atoms with E-state index in [-0.39, 0.29) is 11.2 Å². The monoisotopic (exact) mass is 394 g/mol. The number of carbonyl (C=O) groups is 1. The number of hydrogen-bond donors (Lipinski definition) is 1. The van der Waals surface area contributed by atoms with E-state index in [9.17, 15) is 4.79 Å². The standard InChI is InChI=1S/C22H26N4OS/c1-14(2)18-13-9-10-15(3)19(18)23-21(27)16(4)28-22-25-24-20(26(22)5)17-11-7-6-8-12-17/h6-14,16H,1-5H3,(H,23,27)/t16-/m1/s1. The second-order valence-electron chi connectivity index (χ2n) is 7.17. The van der Waals surface area contributed by atoms with Crippen LogP contribution in [0.15, 0.2) is 53.7 Å². The van der Waals surface area contributed by atoms with E-state index in [2.05, 4.69) is 35.4 Å². The molecule has 3 rings (SSSR count). The van der Waals surface area contributed by atoms with Gasteiger partial charge in [0.25, 0.3) is 0 Å². The molecule has 1 heterocycles. The highest BCUT2D eigenvalue weighted by atomic mass is 32.2. The van der Waals surface area contributed by atoms with Crippen LogP contribution >= 0.6 is 11.8 Å². The van der Waals surface area contributed by atoms with Crippen molar-refractivity contribution in [2.24, 2.45) is 7.05 Å². The Morgan fingerprint density at radius 2 is 1.75 bits per heavy atom. The lowest BCUT2D eigenvalue weighted by Gasteiger charge is -2.18. The molecule has 0 aliphatic heterocycles. The molecule has 0 unspecified atom stereocenters. The van der Waals surface area contributed by atoms with Crippen LogP contribution in [0.2, 0.25) is 0 Å². The number of para-hydroxylation sites is 1. The Bertz CT molecular complexity index is 966. The molecule has 146 valence electrons. The molecule has 6 heteroatoms. The van der Waals surface area contributed by atoms with Crippen molar-refractivity contribution in [3.63, 3.8) is 0 Å². The van der Waals surface area contributed by atoms with Gasteiger partial charge in [-0.3, -0.25) is 4.79 Å². The lowest BCUT2D eigenvalue weighted by molar-refractivity contribution is -0.115. The zero-order valence-corrected chi connectivity index (χ0v) is 17.7. The van der Waals surface area contributed by atoms with Crippen LogP contribution in [0.4, 0.5) is 5.69 Å². The van der Waals surface area contributed by atoms with Crippen molar-refractivity contribution in [1.82, 2.24) is 14.8 Å². The Morgan fingerprint density at radius 3 is 2.43 bits per heavy atom. The number of hydrogen-bond acceptors (Lipinski definition) is 4. The Balaban J connectivity index is 1.75. The van der Waals surface area contributed by atoms with E-state index in [0.717, 1.165) is 33.4 Å². The van der Waals surface area contributed by atoms with Gasteiger partial charge in [-0.25, -0.2) is 0 Å². The third-order valence-corrected chi connectivity index (χ3v) is 5.83. The number of benzene rings is 2. The van der Waals surface area contributed by atoms with E-state index < -0.39 is 0 Å². The number of nitrogens with one attached hydrogen (secondary N) is 1. The maximum atomic E-state index is 12.8. The number of aromatic nitrogens is 3. The van der Waals surface area contributed by atoms with Gasteiger partial charge in [0.05, 0.1) is 5.25 Å². The zero-order valence-electron chi connectivity index (χ0n) is 16.9. The Hall–Kier alpha value is -2.60. The van der Waals surface area contributed by atoms with Crippen molar-refractivity contribution < 1.29 is 4.79 Å². The van der Waals surface area contributed by atoms with E-state index in [1.807, 2.05) is 67.9 Å². The quantitative estimate of drug-likeness (QED) is 0.596. The lowest BCUT2D eigenvalue weighted by atomic mass is 9.98. The minimum Gasteiger partial charge on any atom is -0.325 e. The fourth-order valence-corrected chi connectivity index (χ4v) is 3.85. The molecule has 0 radical (unpaired) electrons. The van der Waals surface area contributed by atoms with Gasteiger partial charge in [-0.1, -0.05) is 74.1 Å². The molecule has 3 aromatic rings. The van der Waals surface area contributed by atoms with Gasteiger partial charge >= 0.3 is 0 Å². The summed E-state index contributed by atoms with van der Waals surface area (Å²) in [7, 11) is 1.92. The summed E-state index contributed by atoms with van der Waals surface area (Å²) in [5, 5.41) is 12.1. The molecule has 0 fully saturated rings. The van der Waals surface area contributed by atoms with Crippen molar-refractivity contribution in [3.8, 4) is 11.4 Å². The summed E-state index contributed by atoms with van der Waals surface area (Å²) in [6, 6.07) is 16.0. The molecule has 0 saturated carbocycles. The van der Waals surface area contributed by atoms with E-state index in [0.29, 0.717) is 5.92 Å². The number of carbonyl (C=O) groups excluding carboxylic acids is 1. The predicted molar refractivity (Wildman–Crippen MR) is 116 cm³/mol. The molecule has 2 aromatic carbocycles. The first-order valence-electron chi connectivity index (χ1n) is 9.40. The van der Waals surface area contributed by atoms with E-state index in [4.69, 9.17) is 0 Å². The van der Waals surface area contributed by atoms with Crippen LogP contribution in [0.3, 0.4) is 0 Å². The molecule has 1 N–H and O–H groups in total. The summed E-state index contributed by atoms with van der Waals surface area (Å²) in [6.45, 7) is 8.18. The SMILES string of the molecule is Cc1cccc(C(C)C)c1NC(=O)[C@@H](C)Sc1nnc(-c2ccccc2)n1C. The van der Waals surface area contributed by atoms with Crippen LogP contribution in [0.1, 0.15) is 37.8 Å². The predicted octanol–water partition coefficient (Wildman–Crippen LogP) is 5.03. The number of nitrogens with zero attached hydrogens (tertiary/aromatic N) is 3. The molecular weight excluding hydrogens is 368 g/mol. The lowest BCUT2D eigenvalue weighted by Crippen LogP contribution is -2.24. The van der Waals surface area contributed by atoms with Crippen molar-refractivity contribution >= 4 is 23.4 Å². The minimum absolute atomic E-state index is 0.0366. The van der Waals surface area contributed by atoms with Gasteiger partial charge < -0.3 is 9.88 Å². The highest BCUT2D eigenvalue weighted by molar-refractivity contribution is 8.00. The van der Waals surface area contributed by atoms with Gasteiger partial charge in [0.15, 0.2) is 11.0 Å². The number of thioether (sulfide) groups is 1. The van der Waals surface area contributed by atoms with Crippen LogP contribution in [-0.4, -0.2) is 25.9 Å². The molecule has 28 heavy (non-hydrogen) atoms. The van der Waals surface area contributed by atoms with Crippen LogP contribution < -0.4 is 5.32 Å². The highest BCUT2D eigenvalue weighted by Crippen LogP contribution is 2.30. The summed E-state index contributed by atoms with van der Waals surface area (Å²) < 4.78 is 1.93. The van der Waals surface area contributed by atoms with Crippen LogP contribution in [0.5, 0.6) is 0 Å². The van der Waals surface area contributed by atoms with Gasteiger partial charge in [-0.15, -0.1) is 10.2 Å². The largest absolute Gasteiger partial charge is 0.325 e. The average molecular weight is 395 g/mol. The average Bonchev–Trinajstić information content (AvgIpc) is 3.04. The molecular formula is C22H26N4OS. The second kappa shape index (κ2) is 8.61. The minimum atomic E-state index is -0.300. The van der Waals surface area contributed by atoms with Crippen molar-refractivity contribution in [3.05, 3.63) is 59.7 Å². The van der Waals surface area contributed by atoms with Gasteiger partial charge in [-0.05, 0) is 30.9 Å². The third kappa shape index (κ3) is 4.28. The molecule has 1 atom stereocenters.